The minimum atomic E-state index is -1.82. The van der Waals surface area contributed by atoms with Crippen LogP contribution < -0.4 is 15.4 Å². The highest BCUT2D eigenvalue weighted by molar-refractivity contribution is 8.47. The first-order valence-corrected chi connectivity index (χ1v) is 15.3. The molecular weight excluding hydrogens is 434 g/mol. The largest absolute Gasteiger partial charge is 0.497 e. The summed E-state index contributed by atoms with van der Waals surface area (Å²) in [4.78, 5) is 16.4. The molecule has 6 nitrogen and oxygen atoms in total. The van der Waals surface area contributed by atoms with Crippen molar-refractivity contribution in [2.24, 2.45) is 0 Å². The fourth-order valence-electron chi connectivity index (χ4n) is 3.74. The van der Waals surface area contributed by atoms with E-state index in [0.717, 1.165) is 30.1 Å². The minimum absolute atomic E-state index is 0.0395. The van der Waals surface area contributed by atoms with Gasteiger partial charge in [-0.15, -0.1) is 0 Å². The Morgan fingerprint density at radius 2 is 1.67 bits per heavy atom. The number of carbonyl (C=O) groups is 1. The summed E-state index contributed by atoms with van der Waals surface area (Å²) in [5, 5.41) is 6.57. The average molecular weight is 474 g/mol. The molecule has 2 aromatic rings. The SMILES string of the molecule is C=C(Nc1ccc([SH](C)(C)(C)C)cc1)C(NC(=O)CN1CCOCC1)c1ccc(OC)cc1. The van der Waals surface area contributed by atoms with Crippen molar-refractivity contribution in [3.05, 3.63) is 66.4 Å². The Hall–Kier alpha value is -2.48. The molecule has 0 aliphatic carbocycles. The number of hydrogen-bond acceptors (Lipinski definition) is 5. The predicted octanol–water partition coefficient (Wildman–Crippen LogP) is 3.76. The molecule has 1 saturated heterocycles. The van der Waals surface area contributed by atoms with E-state index in [1.54, 1.807) is 7.11 Å². The van der Waals surface area contributed by atoms with Gasteiger partial charge in [0.1, 0.15) is 5.75 Å². The van der Waals surface area contributed by atoms with Gasteiger partial charge in [-0.3, -0.25) is 18.9 Å². The summed E-state index contributed by atoms with van der Waals surface area (Å²) in [7, 11) is -0.185. The third-order valence-corrected chi connectivity index (χ3v) is 8.14. The third-order valence-electron chi connectivity index (χ3n) is 5.78. The van der Waals surface area contributed by atoms with Gasteiger partial charge < -0.3 is 20.1 Å². The number of morpholine rings is 1. The monoisotopic (exact) mass is 473 g/mol. The molecule has 33 heavy (non-hydrogen) atoms. The molecule has 1 unspecified atom stereocenters. The van der Waals surface area contributed by atoms with Crippen molar-refractivity contribution in [1.29, 1.82) is 0 Å². The number of nitrogens with one attached hydrogen (secondary N) is 2. The highest BCUT2D eigenvalue weighted by Crippen LogP contribution is 2.63. The topological polar surface area (TPSA) is 62.8 Å². The number of ether oxygens (including phenoxy) is 2. The van der Waals surface area contributed by atoms with Gasteiger partial charge in [0.15, 0.2) is 0 Å². The zero-order chi connectivity index (χ0) is 24.1. The van der Waals surface area contributed by atoms with Crippen LogP contribution in [0.3, 0.4) is 0 Å². The van der Waals surface area contributed by atoms with Gasteiger partial charge in [0.05, 0.1) is 32.9 Å². The summed E-state index contributed by atoms with van der Waals surface area (Å²) in [6.07, 6.45) is 9.38. The Morgan fingerprint density at radius 1 is 1.06 bits per heavy atom. The summed E-state index contributed by atoms with van der Waals surface area (Å²) >= 11 is 0. The number of carbonyl (C=O) groups excluding carboxylic acids is 1. The molecule has 0 spiro atoms. The maximum absolute atomic E-state index is 12.9. The Bertz CT molecular complexity index is 950. The van der Waals surface area contributed by atoms with Gasteiger partial charge in [-0.2, -0.15) is 0 Å². The first-order chi connectivity index (χ1) is 15.5. The number of thiol groups is 1. The quantitative estimate of drug-likeness (QED) is 0.484. The number of methoxy groups -OCH3 is 1. The number of hydrogen-bond donors (Lipinski definition) is 3. The van der Waals surface area contributed by atoms with Crippen molar-refractivity contribution >= 4 is 20.8 Å². The Labute approximate surface area is 198 Å². The van der Waals surface area contributed by atoms with E-state index in [2.05, 4.69) is 71.4 Å². The van der Waals surface area contributed by atoms with Crippen LogP contribution in [-0.2, 0) is 9.53 Å². The normalized spacial score (nSPS) is 16.8. The fraction of sp³-hybridized carbons (Fsp3) is 0.423. The predicted molar refractivity (Wildman–Crippen MR) is 141 cm³/mol. The summed E-state index contributed by atoms with van der Waals surface area (Å²) < 4.78 is 10.7. The smallest absolute Gasteiger partial charge is 0.234 e. The molecule has 0 saturated carbocycles. The second-order valence-corrected chi connectivity index (χ2v) is 18.1. The summed E-state index contributed by atoms with van der Waals surface area (Å²) in [5.74, 6) is 0.730. The van der Waals surface area contributed by atoms with E-state index >= 15 is 0 Å². The molecule has 1 amide bonds. The summed E-state index contributed by atoms with van der Waals surface area (Å²) in [5.41, 5.74) is 2.60. The molecule has 0 radical (unpaired) electrons. The lowest BCUT2D eigenvalue weighted by Gasteiger charge is -2.47. The molecule has 1 atom stereocenters. The van der Waals surface area contributed by atoms with E-state index in [1.165, 1.54) is 4.90 Å². The third kappa shape index (κ3) is 7.25. The number of nitrogens with zero attached hydrogens (tertiary/aromatic N) is 1. The van der Waals surface area contributed by atoms with E-state index in [9.17, 15) is 4.79 Å². The highest BCUT2D eigenvalue weighted by atomic mass is 32.3. The van der Waals surface area contributed by atoms with E-state index < -0.39 is 9.16 Å². The van der Waals surface area contributed by atoms with Gasteiger partial charge in [-0.1, -0.05) is 18.7 Å². The van der Waals surface area contributed by atoms with Crippen LogP contribution in [0.5, 0.6) is 5.75 Å². The maximum atomic E-state index is 12.9. The second-order valence-electron chi connectivity index (χ2n) is 10.4. The van der Waals surface area contributed by atoms with Crippen molar-refractivity contribution < 1.29 is 14.3 Å². The van der Waals surface area contributed by atoms with Crippen molar-refractivity contribution in [2.45, 2.75) is 10.9 Å². The van der Waals surface area contributed by atoms with E-state index in [4.69, 9.17) is 9.47 Å². The lowest BCUT2D eigenvalue weighted by atomic mass is 10.0. The average Bonchev–Trinajstić information content (AvgIpc) is 2.77. The van der Waals surface area contributed by atoms with Gasteiger partial charge in [-0.05, 0) is 71.9 Å². The highest BCUT2D eigenvalue weighted by Gasteiger charge is 2.23. The second kappa shape index (κ2) is 10.2. The van der Waals surface area contributed by atoms with Crippen LogP contribution in [-0.4, -0.2) is 75.8 Å². The zero-order valence-corrected chi connectivity index (χ0v) is 21.5. The molecule has 1 heterocycles. The number of rotatable bonds is 9. The zero-order valence-electron chi connectivity index (χ0n) is 20.6. The molecule has 1 fully saturated rings. The van der Waals surface area contributed by atoms with Crippen molar-refractivity contribution in [1.82, 2.24) is 10.2 Å². The van der Waals surface area contributed by atoms with Crippen LogP contribution in [0.1, 0.15) is 11.6 Å². The Kier molecular flexibility index (Phi) is 7.77. The molecule has 1 aliphatic heterocycles. The molecule has 182 valence electrons. The van der Waals surface area contributed by atoms with Crippen LogP contribution >= 0.6 is 9.16 Å². The van der Waals surface area contributed by atoms with Gasteiger partial charge in [0.2, 0.25) is 5.91 Å². The fourth-order valence-corrected chi connectivity index (χ4v) is 5.08. The van der Waals surface area contributed by atoms with Crippen molar-refractivity contribution in [3.8, 4) is 5.75 Å². The van der Waals surface area contributed by atoms with E-state index in [-0.39, 0.29) is 11.9 Å². The first kappa shape index (κ1) is 25.1. The van der Waals surface area contributed by atoms with Crippen LogP contribution in [0.4, 0.5) is 5.69 Å². The van der Waals surface area contributed by atoms with Gasteiger partial charge in [-0.25, -0.2) is 0 Å². The number of benzene rings is 2. The Morgan fingerprint density at radius 3 is 2.21 bits per heavy atom. The number of amides is 1. The summed E-state index contributed by atoms with van der Waals surface area (Å²) in [6.45, 7) is 7.46. The molecule has 3 rings (SSSR count). The van der Waals surface area contributed by atoms with E-state index in [1.807, 2.05) is 24.3 Å². The molecular formula is C26H39N3O3S. The lowest BCUT2D eigenvalue weighted by molar-refractivity contribution is -0.123. The van der Waals surface area contributed by atoms with Crippen LogP contribution in [0.25, 0.3) is 0 Å². The lowest BCUT2D eigenvalue weighted by Crippen LogP contribution is -2.44. The van der Waals surface area contributed by atoms with Crippen LogP contribution in [0, 0.1) is 0 Å². The summed E-state index contributed by atoms with van der Waals surface area (Å²) in [6, 6.07) is 15.9. The minimum Gasteiger partial charge on any atom is -0.497 e. The molecule has 0 bridgehead atoms. The van der Waals surface area contributed by atoms with Crippen molar-refractivity contribution in [2.75, 3.05) is 70.3 Å². The molecule has 2 aromatic carbocycles. The maximum Gasteiger partial charge on any atom is 0.234 e. The van der Waals surface area contributed by atoms with Crippen LogP contribution in [0.15, 0.2) is 65.7 Å². The van der Waals surface area contributed by atoms with Gasteiger partial charge in [0, 0.05) is 24.5 Å². The number of anilines is 1. The van der Waals surface area contributed by atoms with Crippen LogP contribution in [0.2, 0.25) is 0 Å². The van der Waals surface area contributed by atoms with Gasteiger partial charge in [0.25, 0.3) is 0 Å². The van der Waals surface area contributed by atoms with Crippen molar-refractivity contribution in [3.63, 3.8) is 0 Å². The van der Waals surface area contributed by atoms with E-state index in [0.29, 0.717) is 25.5 Å². The molecule has 0 aromatic heterocycles. The molecule has 2 N–H and O–H groups in total. The molecule has 1 aliphatic rings. The van der Waals surface area contributed by atoms with Gasteiger partial charge >= 0.3 is 0 Å². The first-order valence-electron chi connectivity index (χ1n) is 11.3. The standard InChI is InChI=1S/C26H39N3O3S/c1-20(27-22-9-13-24(14-10-22)33(3,4,5)6)26(21-7-11-23(31-2)12-8-21)28-25(30)19-29-15-17-32-18-16-29/h7-14,26-27,33H,1,15-19H2,2-6H3,(H,28,30). The molecule has 7 heteroatoms. The Balaban J connectivity index is 1.75.